The van der Waals surface area contributed by atoms with Gasteiger partial charge >= 0.3 is 6.11 Å². The summed E-state index contributed by atoms with van der Waals surface area (Å²) in [6, 6.07) is 7.31. The Kier molecular flexibility index (Phi) is 7.83. The van der Waals surface area contributed by atoms with Crippen molar-refractivity contribution in [1.29, 1.82) is 0 Å². The fourth-order valence-electron chi connectivity index (χ4n) is 5.96. The second-order valence-corrected chi connectivity index (χ2v) is 10.1. The third-order valence-electron chi connectivity index (χ3n) is 7.93. The first kappa shape index (κ1) is 25.0. The third kappa shape index (κ3) is 5.75. The number of hydrogen-bond acceptors (Lipinski definition) is 1. The molecule has 1 nitrogen and oxygen atoms in total. The smallest absolute Gasteiger partial charge is 0.400 e. The molecule has 0 saturated heterocycles. The van der Waals surface area contributed by atoms with Crippen LogP contribution in [0.4, 0.5) is 22.0 Å². The van der Waals surface area contributed by atoms with E-state index in [1.807, 2.05) is 0 Å². The van der Waals surface area contributed by atoms with Crippen LogP contribution in [-0.4, -0.2) is 6.11 Å². The standard InChI is InChI=1S/C28H33F5O/c1-2-3-18-4-6-19(7-5-18)20-8-12-23(13-9-20)28(32,33)34-24-14-10-21(11-15-24)22-16-25(29)27(31)26(30)17-22/h10-11,14-20,23H,2-9,12-13H2,1H3. The molecule has 0 bridgehead atoms. The van der Waals surface area contributed by atoms with E-state index in [-0.39, 0.29) is 11.3 Å². The van der Waals surface area contributed by atoms with Gasteiger partial charge in [0.25, 0.3) is 0 Å². The van der Waals surface area contributed by atoms with E-state index in [4.69, 9.17) is 4.74 Å². The van der Waals surface area contributed by atoms with Gasteiger partial charge in [0, 0.05) is 0 Å². The van der Waals surface area contributed by atoms with Gasteiger partial charge in [0.1, 0.15) is 5.75 Å². The predicted octanol–water partition coefficient (Wildman–Crippen LogP) is 9.16. The second-order valence-electron chi connectivity index (χ2n) is 10.1. The summed E-state index contributed by atoms with van der Waals surface area (Å²) < 4.78 is 75.1. The maximum Gasteiger partial charge on any atom is 0.400 e. The van der Waals surface area contributed by atoms with E-state index in [2.05, 4.69) is 6.92 Å². The van der Waals surface area contributed by atoms with Crippen LogP contribution >= 0.6 is 0 Å². The minimum Gasteiger partial charge on any atom is -0.432 e. The van der Waals surface area contributed by atoms with Gasteiger partial charge in [-0.15, -0.1) is 0 Å². The molecular weight excluding hydrogens is 447 g/mol. The van der Waals surface area contributed by atoms with Gasteiger partial charge < -0.3 is 4.74 Å². The van der Waals surface area contributed by atoms with Gasteiger partial charge in [0.15, 0.2) is 17.5 Å². The average molecular weight is 481 g/mol. The Morgan fingerprint density at radius 2 is 1.29 bits per heavy atom. The van der Waals surface area contributed by atoms with Gasteiger partial charge in [-0.2, -0.15) is 8.78 Å². The van der Waals surface area contributed by atoms with E-state index in [1.54, 1.807) is 0 Å². The van der Waals surface area contributed by atoms with E-state index in [1.165, 1.54) is 62.8 Å². The molecular formula is C28H33F5O. The van der Waals surface area contributed by atoms with Crippen LogP contribution in [0.5, 0.6) is 5.75 Å². The molecule has 0 N–H and O–H groups in total. The summed E-state index contributed by atoms with van der Waals surface area (Å²) in [7, 11) is 0. The van der Waals surface area contributed by atoms with Gasteiger partial charge in [-0.05, 0) is 91.7 Å². The van der Waals surface area contributed by atoms with Crippen LogP contribution in [-0.2, 0) is 0 Å². The first-order chi connectivity index (χ1) is 16.3. The normalized spacial score (nSPS) is 25.8. The highest BCUT2D eigenvalue weighted by Crippen LogP contribution is 2.46. The lowest BCUT2D eigenvalue weighted by molar-refractivity contribution is -0.224. The zero-order valence-electron chi connectivity index (χ0n) is 19.6. The molecule has 2 aromatic rings. The molecule has 6 heteroatoms. The molecule has 186 valence electrons. The fraction of sp³-hybridized carbons (Fsp3) is 0.571. The predicted molar refractivity (Wildman–Crippen MR) is 123 cm³/mol. The maximum absolute atomic E-state index is 14.9. The molecule has 4 rings (SSSR count). The summed E-state index contributed by atoms with van der Waals surface area (Å²) in [5.74, 6) is -2.89. The number of hydrogen-bond donors (Lipinski definition) is 0. The van der Waals surface area contributed by atoms with E-state index < -0.39 is 29.5 Å². The highest BCUT2D eigenvalue weighted by molar-refractivity contribution is 5.64. The van der Waals surface area contributed by atoms with Crippen LogP contribution in [0, 0.1) is 41.1 Å². The monoisotopic (exact) mass is 480 g/mol. The average Bonchev–Trinajstić information content (AvgIpc) is 2.83. The van der Waals surface area contributed by atoms with Crippen molar-refractivity contribution in [3.05, 3.63) is 53.8 Å². The van der Waals surface area contributed by atoms with Crippen LogP contribution in [0.15, 0.2) is 36.4 Å². The molecule has 2 saturated carbocycles. The topological polar surface area (TPSA) is 9.23 Å². The van der Waals surface area contributed by atoms with Crippen LogP contribution in [0.25, 0.3) is 11.1 Å². The number of alkyl halides is 2. The van der Waals surface area contributed by atoms with Gasteiger partial charge in [0.05, 0.1) is 5.92 Å². The van der Waals surface area contributed by atoms with Crippen molar-refractivity contribution in [1.82, 2.24) is 0 Å². The lowest BCUT2D eigenvalue weighted by atomic mass is 9.68. The van der Waals surface area contributed by atoms with Crippen molar-refractivity contribution >= 4 is 0 Å². The number of ether oxygens (including phenoxy) is 1. The molecule has 2 aromatic carbocycles. The van der Waals surface area contributed by atoms with Crippen molar-refractivity contribution in [3.8, 4) is 16.9 Å². The summed E-state index contributed by atoms with van der Waals surface area (Å²) in [6.45, 7) is 2.23. The van der Waals surface area contributed by atoms with Crippen molar-refractivity contribution in [2.75, 3.05) is 0 Å². The minimum absolute atomic E-state index is 0.00632. The molecule has 0 amide bonds. The first-order valence-corrected chi connectivity index (χ1v) is 12.6. The van der Waals surface area contributed by atoms with Crippen LogP contribution < -0.4 is 4.74 Å². The molecule has 0 heterocycles. The molecule has 0 aliphatic heterocycles. The molecule has 0 spiro atoms. The van der Waals surface area contributed by atoms with Crippen molar-refractivity contribution in [2.24, 2.45) is 23.7 Å². The summed E-state index contributed by atoms with van der Waals surface area (Å²) in [5, 5.41) is 0. The van der Waals surface area contributed by atoms with E-state index in [0.717, 1.165) is 30.9 Å². The molecule has 2 aliphatic rings. The summed E-state index contributed by atoms with van der Waals surface area (Å²) in [6.07, 6.45) is 6.87. The molecule has 2 fully saturated rings. The summed E-state index contributed by atoms with van der Waals surface area (Å²) in [4.78, 5) is 0. The summed E-state index contributed by atoms with van der Waals surface area (Å²) >= 11 is 0. The quantitative estimate of drug-likeness (QED) is 0.284. The summed E-state index contributed by atoms with van der Waals surface area (Å²) in [5.41, 5.74) is 0.499. The number of rotatable bonds is 7. The molecule has 34 heavy (non-hydrogen) atoms. The van der Waals surface area contributed by atoms with Crippen molar-refractivity contribution < 1.29 is 26.7 Å². The van der Waals surface area contributed by atoms with Gasteiger partial charge in [-0.25, -0.2) is 13.2 Å². The largest absolute Gasteiger partial charge is 0.432 e. The van der Waals surface area contributed by atoms with E-state index in [0.29, 0.717) is 30.2 Å². The molecule has 0 radical (unpaired) electrons. The maximum atomic E-state index is 14.9. The van der Waals surface area contributed by atoms with Crippen molar-refractivity contribution in [2.45, 2.75) is 77.2 Å². The number of halogens is 5. The van der Waals surface area contributed by atoms with E-state index >= 15 is 0 Å². The highest BCUT2D eigenvalue weighted by Gasteiger charge is 2.45. The van der Waals surface area contributed by atoms with Gasteiger partial charge in [-0.1, -0.05) is 44.7 Å². The highest BCUT2D eigenvalue weighted by atomic mass is 19.3. The SMILES string of the molecule is CCCC1CCC(C2CCC(C(F)(F)Oc3ccc(-c4cc(F)c(F)c(F)c4)cc3)CC2)CC1. The first-order valence-electron chi connectivity index (χ1n) is 12.6. The molecule has 2 aliphatic carbocycles. The lowest BCUT2D eigenvalue weighted by Crippen LogP contribution is -2.38. The van der Waals surface area contributed by atoms with Gasteiger partial charge in [0.2, 0.25) is 0 Å². The third-order valence-corrected chi connectivity index (χ3v) is 7.93. The zero-order chi connectivity index (χ0) is 24.3. The van der Waals surface area contributed by atoms with Gasteiger partial charge in [-0.3, -0.25) is 0 Å². The Hall–Kier alpha value is -2.11. The molecule has 0 aromatic heterocycles. The molecule has 0 unspecified atom stereocenters. The Labute approximate surface area is 198 Å². The van der Waals surface area contributed by atoms with Crippen LogP contribution in [0.2, 0.25) is 0 Å². The Bertz CT molecular complexity index is 919. The Morgan fingerprint density at radius 3 is 1.82 bits per heavy atom. The number of benzene rings is 2. The lowest BCUT2D eigenvalue weighted by Gasteiger charge is -2.39. The van der Waals surface area contributed by atoms with E-state index in [9.17, 15) is 22.0 Å². The molecule has 0 atom stereocenters. The Morgan fingerprint density at radius 1 is 0.765 bits per heavy atom. The second kappa shape index (κ2) is 10.7. The fourth-order valence-corrected chi connectivity index (χ4v) is 5.96. The van der Waals surface area contributed by atoms with Crippen LogP contribution in [0.3, 0.4) is 0 Å². The van der Waals surface area contributed by atoms with Crippen molar-refractivity contribution in [3.63, 3.8) is 0 Å². The van der Waals surface area contributed by atoms with Crippen LogP contribution in [0.1, 0.15) is 71.1 Å². The zero-order valence-corrected chi connectivity index (χ0v) is 19.6. The Balaban J connectivity index is 1.31. The minimum atomic E-state index is -3.28.